The van der Waals surface area contributed by atoms with E-state index in [0.717, 1.165) is 25.2 Å². The summed E-state index contributed by atoms with van der Waals surface area (Å²) in [5.74, 6) is 1.16. The minimum Gasteiger partial charge on any atom is -0.304 e. The molecule has 0 aromatic carbocycles. The zero-order valence-corrected chi connectivity index (χ0v) is 12.9. The van der Waals surface area contributed by atoms with Crippen molar-refractivity contribution < 1.29 is 8.42 Å². The van der Waals surface area contributed by atoms with Gasteiger partial charge in [0.15, 0.2) is 4.77 Å². The number of H-pyrrole nitrogens is 1. The highest BCUT2D eigenvalue weighted by atomic mass is 32.2. The van der Waals surface area contributed by atoms with E-state index in [2.05, 4.69) is 10.2 Å². The predicted octanol–water partition coefficient (Wildman–Crippen LogP) is 1.49. The fraction of sp³-hybridized carbons (Fsp3) is 0.818. The van der Waals surface area contributed by atoms with Crippen molar-refractivity contribution in [2.24, 2.45) is 0 Å². The molecule has 0 saturated carbocycles. The van der Waals surface area contributed by atoms with Crippen LogP contribution in [-0.2, 0) is 16.6 Å². The lowest BCUT2D eigenvalue weighted by Gasteiger charge is -2.31. The van der Waals surface area contributed by atoms with Crippen LogP contribution in [0.15, 0.2) is 0 Å². The van der Waals surface area contributed by atoms with E-state index in [9.17, 15) is 8.42 Å². The minimum atomic E-state index is -3.11. The Morgan fingerprint density at radius 2 is 2.21 bits per heavy atom. The average molecular weight is 304 g/mol. The van der Waals surface area contributed by atoms with Crippen LogP contribution in [-0.4, -0.2) is 46.3 Å². The number of sulfonamides is 1. The van der Waals surface area contributed by atoms with Crippen LogP contribution in [0.5, 0.6) is 0 Å². The fourth-order valence-corrected chi connectivity index (χ4v) is 3.98. The number of piperidine rings is 1. The van der Waals surface area contributed by atoms with Gasteiger partial charge in [-0.2, -0.15) is 5.10 Å². The summed E-state index contributed by atoms with van der Waals surface area (Å²) in [7, 11) is -3.11. The Morgan fingerprint density at radius 1 is 1.47 bits per heavy atom. The highest BCUT2D eigenvalue weighted by Crippen LogP contribution is 2.27. The molecule has 0 bridgehead atoms. The molecule has 1 saturated heterocycles. The summed E-state index contributed by atoms with van der Waals surface area (Å²) in [6, 6.07) is 0. The van der Waals surface area contributed by atoms with Gasteiger partial charge in [-0.25, -0.2) is 12.7 Å². The number of hydrogen-bond donors (Lipinski definition) is 1. The van der Waals surface area contributed by atoms with Gasteiger partial charge in [0.2, 0.25) is 10.0 Å². The Bertz CT molecular complexity index is 590. The molecular formula is C11H20N4O2S2. The molecule has 1 fully saturated rings. The molecule has 2 heterocycles. The van der Waals surface area contributed by atoms with E-state index < -0.39 is 10.0 Å². The molecule has 1 aliphatic rings. The van der Waals surface area contributed by atoms with Crippen LogP contribution in [0.3, 0.4) is 0 Å². The third-order valence-corrected chi connectivity index (χ3v) is 5.77. The van der Waals surface area contributed by atoms with Crippen molar-refractivity contribution in [2.45, 2.75) is 39.2 Å². The molecule has 0 amide bonds. The standard InChI is InChI=1S/C11H20N4O2S2/c1-3-15-10(12-13-11(15)18)9-6-5-7-14(8-9)19(16,17)4-2/h9H,3-8H2,1-2H3,(H,13,18)/t9-/m1/s1. The predicted molar refractivity (Wildman–Crippen MR) is 76.1 cm³/mol. The summed E-state index contributed by atoms with van der Waals surface area (Å²) in [4.78, 5) is 0. The number of nitrogens with one attached hydrogen (secondary N) is 1. The van der Waals surface area contributed by atoms with E-state index in [4.69, 9.17) is 12.2 Å². The van der Waals surface area contributed by atoms with Crippen LogP contribution in [0, 0.1) is 4.77 Å². The van der Waals surface area contributed by atoms with Gasteiger partial charge in [0.1, 0.15) is 5.82 Å². The molecule has 0 spiro atoms. The lowest BCUT2D eigenvalue weighted by Crippen LogP contribution is -2.40. The van der Waals surface area contributed by atoms with Gasteiger partial charge in [-0.15, -0.1) is 0 Å². The summed E-state index contributed by atoms with van der Waals surface area (Å²) < 4.78 is 28.1. The number of nitrogens with zero attached hydrogens (tertiary/aromatic N) is 3. The van der Waals surface area contributed by atoms with E-state index in [0.29, 0.717) is 17.9 Å². The molecule has 8 heteroatoms. The molecule has 1 aromatic rings. The zero-order chi connectivity index (χ0) is 14.0. The molecule has 19 heavy (non-hydrogen) atoms. The first kappa shape index (κ1) is 14.7. The van der Waals surface area contributed by atoms with E-state index >= 15 is 0 Å². The highest BCUT2D eigenvalue weighted by molar-refractivity contribution is 7.89. The van der Waals surface area contributed by atoms with Gasteiger partial charge < -0.3 is 4.57 Å². The Balaban J connectivity index is 2.24. The van der Waals surface area contributed by atoms with Gasteiger partial charge in [-0.1, -0.05) is 0 Å². The van der Waals surface area contributed by atoms with Gasteiger partial charge in [0.05, 0.1) is 5.75 Å². The molecule has 1 aliphatic heterocycles. The maximum atomic E-state index is 12.0. The molecule has 1 N–H and O–H groups in total. The topological polar surface area (TPSA) is 71.0 Å². The van der Waals surface area contributed by atoms with Crippen LogP contribution in [0.4, 0.5) is 0 Å². The Morgan fingerprint density at radius 3 is 2.84 bits per heavy atom. The second kappa shape index (κ2) is 5.72. The first-order valence-corrected chi connectivity index (χ1v) is 8.64. The van der Waals surface area contributed by atoms with Gasteiger partial charge >= 0.3 is 0 Å². The van der Waals surface area contributed by atoms with Gasteiger partial charge in [0, 0.05) is 25.6 Å². The molecule has 1 aromatic heterocycles. The Hall–Kier alpha value is -0.730. The summed E-state index contributed by atoms with van der Waals surface area (Å²) in [5, 5.41) is 7.08. The maximum Gasteiger partial charge on any atom is 0.213 e. The molecular weight excluding hydrogens is 284 g/mol. The lowest BCUT2D eigenvalue weighted by atomic mass is 9.99. The molecule has 1 atom stereocenters. The number of aromatic nitrogens is 3. The summed E-state index contributed by atoms with van der Waals surface area (Å²) in [6.45, 7) is 5.57. The van der Waals surface area contributed by atoms with E-state index in [1.807, 2.05) is 11.5 Å². The first-order chi connectivity index (χ1) is 8.99. The normalized spacial score (nSPS) is 21.7. The second-order valence-electron chi connectivity index (χ2n) is 4.73. The Labute approximate surface area is 118 Å². The monoisotopic (exact) mass is 304 g/mol. The quantitative estimate of drug-likeness (QED) is 0.856. The second-order valence-corrected chi connectivity index (χ2v) is 7.37. The van der Waals surface area contributed by atoms with E-state index in [-0.39, 0.29) is 11.7 Å². The van der Waals surface area contributed by atoms with Gasteiger partial charge in [0.25, 0.3) is 0 Å². The van der Waals surface area contributed by atoms with Crippen LogP contribution < -0.4 is 0 Å². The largest absolute Gasteiger partial charge is 0.304 e. The van der Waals surface area contributed by atoms with Crippen molar-refractivity contribution in [1.29, 1.82) is 0 Å². The van der Waals surface area contributed by atoms with E-state index in [1.165, 1.54) is 0 Å². The molecule has 0 unspecified atom stereocenters. The zero-order valence-electron chi connectivity index (χ0n) is 11.3. The van der Waals surface area contributed by atoms with Gasteiger partial charge in [-0.3, -0.25) is 5.10 Å². The van der Waals surface area contributed by atoms with Crippen molar-refractivity contribution in [1.82, 2.24) is 19.1 Å². The third kappa shape index (κ3) is 2.90. The summed E-state index contributed by atoms with van der Waals surface area (Å²) >= 11 is 5.18. The van der Waals surface area contributed by atoms with Crippen LogP contribution in [0.1, 0.15) is 38.4 Å². The molecule has 2 rings (SSSR count). The average Bonchev–Trinajstić information content (AvgIpc) is 2.80. The van der Waals surface area contributed by atoms with Crippen molar-refractivity contribution in [3.05, 3.63) is 10.6 Å². The number of rotatable bonds is 4. The molecule has 6 nitrogen and oxygen atoms in total. The van der Waals surface area contributed by atoms with Crippen molar-refractivity contribution in [3.8, 4) is 0 Å². The lowest BCUT2D eigenvalue weighted by molar-refractivity contribution is 0.305. The van der Waals surface area contributed by atoms with Crippen LogP contribution in [0.2, 0.25) is 0 Å². The van der Waals surface area contributed by atoms with Crippen molar-refractivity contribution in [2.75, 3.05) is 18.8 Å². The number of aromatic amines is 1. The maximum absolute atomic E-state index is 12.0. The summed E-state index contributed by atoms with van der Waals surface area (Å²) in [6.07, 6.45) is 1.82. The van der Waals surface area contributed by atoms with Gasteiger partial charge in [-0.05, 0) is 38.9 Å². The minimum absolute atomic E-state index is 0.128. The summed E-state index contributed by atoms with van der Waals surface area (Å²) in [5.41, 5.74) is 0. The first-order valence-electron chi connectivity index (χ1n) is 6.62. The molecule has 0 aliphatic carbocycles. The molecule has 0 radical (unpaired) electrons. The van der Waals surface area contributed by atoms with Crippen LogP contribution in [0.25, 0.3) is 0 Å². The third-order valence-electron chi connectivity index (χ3n) is 3.61. The fourth-order valence-electron chi connectivity index (χ4n) is 2.54. The number of hydrogen-bond acceptors (Lipinski definition) is 4. The smallest absolute Gasteiger partial charge is 0.213 e. The van der Waals surface area contributed by atoms with E-state index in [1.54, 1.807) is 11.2 Å². The van der Waals surface area contributed by atoms with Crippen molar-refractivity contribution in [3.63, 3.8) is 0 Å². The van der Waals surface area contributed by atoms with Crippen molar-refractivity contribution >= 4 is 22.2 Å². The Kier molecular flexibility index (Phi) is 4.42. The van der Waals surface area contributed by atoms with Crippen LogP contribution >= 0.6 is 12.2 Å². The molecule has 108 valence electrons. The SMILES string of the molecule is CCn1c([C@@H]2CCCN(S(=O)(=O)CC)C2)n[nH]c1=S. The highest BCUT2D eigenvalue weighted by Gasteiger charge is 2.30.